The van der Waals surface area contributed by atoms with Gasteiger partial charge in [-0.3, -0.25) is 9.88 Å². The largest absolute Gasteiger partial charge is 0.468 e. The van der Waals surface area contributed by atoms with Crippen molar-refractivity contribution >= 4 is 35.6 Å². The maximum atomic E-state index is 17.4. The lowest BCUT2D eigenvalue weighted by Gasteiger charge is -2.38. The fourth-order valence-corrected chi connectivity index (χ4v) is 14.6. The quantitative estimate of drug-likeness (QED) is 0.0611. The second kappa shape index (κ2) is 15.2. The van der Waals surface area contributed by atoms with Gasteiger partial charge >= 0.3 is 6.01 Å². The molecule has 2 aromatic carbocycles. The number of anilines is 1. The molecule has 55 heavy (non-hydrogen) atoms. The van der Waals surface area contributed by atoms with E-state index >= 15 is 8.78 Å². The van der Waals surface area contributed by atoms with E-state index in [2.05, 4.69) is 72.9 Å². The number of pyridine rings is 1. The lowest BCUT2D eigenvalue weighted by molar-refractivity contribution is 0.0512. The number of ether oxygens (including phenoxy) is 3. The molecular formula is C42H51F4N5O3Si. The number of halogens is 4. The van der Waals surface area contributed by atoms with Crippen LogP contribution in [0.2, 0.25) is 16.6 Å². The monoisotopic (exact) mass is 777 g/mol. The van der Waals surface area contributed by atoms with Gasteiger partial charge in [0.15, 0.2) is 12.6 Å². The Bertz CT molecular complexity index is 2140. The minimum Gasteiger partial charge on any atom is -0.468 e. The molecule has 8 nitrogen and oxygen atoms in total. The molecule has 3 aliphatic rings. The van der Waals surface area contributed by atoms with Gasteiger partial charge in [-0.05, 0) is 59.6 Å². The van der Waals surface area contributed by atoms with Crippen LogP contribution >= 0.6 is 0 Å². The van der Waals surface area contributed by atoms with Gasteiger partial charge in [-0.2, -0.15) is 9.97 Å². The highest BCUT2D eigenvalue weighted by Gasteiger charge is 2.49. The Morgan fingerprint density at radius 2 is 1.76 bits per heavy atom. The molecule has 0 radical (unpaired) electrons. The first kappa shape index (κ1) is 39.2. The summed E-state index contributed by atoms with van der Waals surface area (Å²) < 4.78 is 79.8. The van der Waals surface area contributed by atoms with Crippen molar-refractivity contribution in [3.63, 3.8) is 0 Å². The van der Waals surface area contributed by atoms with Crippen molar-refractivity contribution in [3.05, 3.63) is 47.7 Å². The van der Waals surface area contributed by atoms with E-state index < -0.39 is 43.6 Å². The lowest BCUT2D eigenvalue weighted by Crippen LogP contribution is -2.43. The first-order valence-corrected chi connectivity index (χ1v) is 21.6. The molecule has 1 aliphatic carbocycles. The molecule has 294 valence electrons. The number of hydrogen-bond donors (Lipinski definition) is 0. The summed E-state index contributed by atoms with van der Waals surface area (Å²) in [6, 6.07) is 5.82. The van der Waals surface area contributed by atoms with Crippen LogP contribution in [0.1, 0.15) is 72.8 Å². The highest BCUT2D eigenvalue weighted by molar-refractivity contribution is 6.90. The Kier molecular flexibility index (Phi) is 10.8. The fraction of sp³-hybridized carbons (Fsp3) is 0.548. The van der Waals surface area contributed by atoms with E-state index in [1.54, 1.807) is 30.1 Å². The van der Waals surface area contributed by atoms with Crippen molar-refractivity contribution in [2.24, 2.45) is 0 Å². The Morgan fingerprint density at radius 1 is 1.04 bits per heavy atom. The van der Waals surface area contributed by atoms with Crippen molar-refractivity contribution in [3.8, 4) is 34.5 Å². The van der Waals surface area contributed by atoms with Gasteiger partial charge in [0.1, 0.15) is 55.6 Å². The molecular weight excluding hydrogens is 727 g/mol. The number of hydrogen-bond acceptors (Lipinski definition) is 8. The minimum absolute atomic E-state index is 0.0693. The molecule has 2 aromatic heterocycles. The predicted molar refractivity (Wildman–Crippen MR) is 211 cm³/mol. The van der Waals surface area contributed by atoms with Crippen LogP contribution in [-0.4, -0.2) is 92.5 Å². The summed E-state index contributed by atoms with van der Waals surface area (Å²) in [6.45, 7) is 14.3. The van der Waals surface area contributed by atoms with Crippen LogP contribution in [-0.2, 0) is 4.74 Å². The number of alkyl halides is 2. The number of fused-ring (bicyclic) bond motifs is 3. The Labute approximate surface area is 322 Å². The van der Waals surface area contributed by atoms with Gasteiger partial charge in [0.05, 0.1) is 22.5 Å². The number of benzene rings is 2. The molecule has 4 atom stereocenters. The smallest absolute Gasteiger partial charge is 0.319 e. The maximum Gasteiger partial charge on any atom is 0.319 e. The van der Waals surface area contributed by atoms with Crippen molar-refractivity contribution in [1.82, 2.24) is 19.9 Å². The summed E-state index contributed by atoms with van der Waals surface area (Å²) >= 11 is 0. The van der Waals surface area contributed by atoms with E-state index in [9.17, 15) is 8.78 Å². The summed E-state index contributed by atoms with van der Waals surface area (Å²) in [5, 5.41) is 1.25. The molecule has 0 spiro atoms. The van der Waals surface area contributed by atoms with E-state index in [0.29, 0.717) is 52.5 Å². The highest BCUT2D eigenvalue weighted by atomic mass is 28.3. The van der Waals surface area contributed by atoms with E-state index in [1.165, 1.54) is 19.4 Å². The zero-order valence-corrected chi connectivity index (χ0v) is 34.0. The zero-order chi connectivity index (χ0) is 39.4. The molecule has 7 rings (SSSR count). The molecule has 4 heterocycles. The average Bonchev–Trinajstić information content (AvgIpc) is 3.62. The predicted octanol–water partition coefficient (Wildman–Crippen LogP) is 9.18. The average molecular weight is 778 g/mol. The molecule has 1 saturated carbocycles. The second-order valence-corrected chi connectivity index (χ2v) is 22.1. The number of methoxy groups -OCH3 is 1. The third kappa shape index (κ3) is 7.03. The van der Waals surface area contributed by atoms with Crippen LogP contribution in [0, 0.1) is 23.1 Å². The van der Waals surface area contributed by atoms with Crippen LogP contribution in [0.4, 0.5) is 23.4 Å². The van der Waals surface area contributed by atoms with E-state index in [4.69, 9.17) is 14.2 Å². The Hall–Kier alpha value is -3.99. The van der Waals surface area contributed by atoms with Gasteiger partial charge in [0.25, 0.3) is 0 Å². The maximum absolute atomic E-state index is 17.4. The van der Waals surface area contributed by atoms with Gasteiger partial charge in [0.2, 0.25) is 0 Å². The van der Waals surface area contributed by atoms with Gasteiger partial charge in [0, 0.05) is 50.7 Å². The van der Waals surface area contributed by atoms with E-state index in [1.807, 2.05) is 0 Å². The van der Waals surface area contributed by atoms with Crippen LogP contribution in [0.3, 0.4) is 0 Å². The molecule has 2 aliphatic heterocycles. The molecule has 3 fully saturated rings. The van der Waals surface area contributed by atoms with E-state index in [0.717, 1.165) is 19.4 Å². The summed E-state index contributed by atoms with van der Waals surface area (Å²) in [5.74, 6) is 2.62. The third-order valence-electron chi connectivity index (χ3n) is 12.3. The van der Waals surface area contributed by atoms with Crippen molar-refractivity contribution < 1.29 is 31.8 Å². The standard InChI is InChI=1S/C42H51F4N5O3Si/c1-24(2)55(25(3)4,26(5)6)15-12-30-33(44)11-10-27-16-29(54-23-52-8)17-31(36(27)30)38-37(46)39-32(20-47-38)40(50(7)35-18-34(35)45)49-41(48-39)53-22-42-13-9-14-51(42)21-28(43)19-42/h10-11,16-17,20,24-26,28,34-35H,9,13-14,18-19,21-23H2,1-8H3/t28-,34-,35-,42+/m1/s1. The van der Waals surface area contributed by atoms with Crippen LogP contribution in [0.5, 0.6) is 11.8 Å². The summed E-state index contributed by atoms with van der Waals surface area (Å²) in [4.78, 5) is 17.7. The zero-order valence-electron chi connectivity index (χ0n) is 33.0. The molecule has 0 N–H and O–H groups in total. The van der Waals surface area contributed by atoms with Crippen molar-refractivity contribution in [2.45, 2.75) is 108 Å². The normalized spacial score (nSPS) is 22.5. The van der Waals surface area contributed by atoms with Crippen LogP contribution in [0.15, 0.2) is 30.5 Å². The van der Waals surface area contributed by atoms with Crippen LogP contribution < -0.4 is 14.4 Å². The Morgan fingerprint density at radius 3 is 2.44 bits per heavy atom. The first-order chi connectivity index (χ1) is 26.2. The SMILES string of the molecule is COCOc1cc(-c2ncc3c(N(C)[C@@H]4C[C@H]4F)nc(OC[C@@]45CCCN4C[C@H](F)C5)nc3c2F)c2c(C#C[Si](C(C)C)(C(C)C)C(C)C)c(F)ccc2c1. The number of nitrogens with zero attached hydrogens (tertiary/aromatic N) is 5. The van der Waals surface area contributed by atoms with Gasteiger partial charge in [-0.25, -0.2) is 17.6 Å². The van der Waals surface area contributed by atoms with Gasteiger partial charge in [-0.15, -0.1) is 5.54 Å². The summed E-state index contributed by atoms with van der Waals surface area (Å²) in [5.41, 5.74) is 4.30. The molecule has 0 bridgehead atoms. The molecule has 13 heteroatoms. The Balaban J connectivity index is 1.42. The number of rotatable bonds is 12. The molecule has 0 unspecified atom stereocenters. The van der Waals surface area contributed by atoms with Crippen molar-refractivity contribution in [2.75, 3.05) is 45.5 Å². The van der Waals surface area contributed by atoms with Crippen molar-refractivity contribution in [1.29, 1.82) is 0 Å². The van der Waals surface area contributed by atoms with Gasteiger partial charge < -0.3 is 19.1 Å². The van der Waals surface area contributed by atoms with E-state index in [-0.39, 0.29) is 53.0 Å². The minimum atomic E-state index is -2.30. The lowest BCUT2D eigenvalue weighted by atomic mass is 9.95. The van der Waals surface area contributed by atoms with Crippen LogP contribution in [0.25, 0.3) is 32.9 Å². The fourth-order valence-electron chi connectivity index (χ4n) is 9.44. The topological polar surface area (TPSA) is 72.8 Å². The molecule has 2 saturated heterocycles. The molecule has 0 amide bonds. The summed E-state index contributed by atoms with van der Waals surface area (Å²) in [6.07, 6.45) is 1.81. The number of aromatic nitrogens is 3. The first-order valence-electron chi connectivity index (χ1n) is 19.4. The second-order valence-electron chi connectivity index (χ2n) is 16.5. The molecule has 4 aromatic rings. The summed E-state index contributed by atoms with van der Waals surface area (Å²) in [7, 11) is 0.901. The highest BCUT2D eigenvalue weighted by Crippen LogP contribution is 2.44. The third-order valence-corrected chi connectivity index (χ3v) is 18.6. The van der Waals surface area contributed by atoms with Gasteiger partial charge in [-0.1, -0.05) is 53.5 Å².